The van der Waals surface area contributed by atoms with Gasteiger partial charge in [0.15, 0.2) is 5.69 Å². The molecule has 2 aliphatic heterocycles. The number of ether oxygens (including phenoxy) is 1. The van der Waals surface area contributed by atoms with Crippen LogP contribution >= 0.6 is 0 Å². The van der Waals surface area contributed by atoms with E-state index in [9.17, 15) is 4.79 Å². The molecule has 0 aromatic carbocycles. The molecular weight excluding hydrogens is 270 g/mol. The zero-order valence-corrected chi connectivity index (χ0v) is 12.8. The van der Waals surface area contributed by atoms with E-state index in [1.807, 2.05) is 4.90 Å². The second kappa shape index (κ2) is 5.77. The number of likely N-dealkylation sites (tertiary alicyclic amines) is 2. The summed E-state index contributed by atoms with van der Waals surface area (Å²) >= 11 is 0. The number of aryl methyl sites for hydroxylation is 1. The summed E-state index contributed by atoms with van der Waals surface area (Å²) < 4.78 is 10.2. The third kappa shape index (κ3) is 2.70. The van der Waals surface area contributed by atoms with Crippen molar-refractivity contribution < 1.29 is 14.1 Å². The van der Waals surface area contributed by atoms with Gasteiger partial charge in [0.2, 0.25) is 0 Å². The number of nitrogens with zero attached hydrogens (tertiary/aromatic N) is 3. The van der Waals surface area contributed by atoms with Gasteiger partial charge in [-0.25, -0.2) is 0 Å². The molecule has 0 radical (unpaired) electrons. The summed E-state index contributed by atoms with van der Waals surface area (Å²) in [4.78, 5) is 16.9. The summed E-state index contributed by atoms with van der Waals surface area (Å²) in [5, 5.41) is 3.85. The maximum atomic E-state index is 12.5. The molecule has 3 rings (SSSR count). The Morgan fingerprint density at radius 2 is 2.33 bits per heavy atom. The van der Waals surface area contributed by atoms with Crippen LogP contribution in [-0.2, 0) is 4.74 Å². The van der Waals surface area contributed by atoms with Crippen molar-refractivity contribution in [2.45, 2.75) is 31.7 Å². The van der Waals surface area contributed by atoms with E-state index in [0.717, 1.165) is 39.2 Å². The minimum Gasteiger partial charge on any atom is -0.383 e. The Morgan fingerprint density at radius 1 is 1.48 bits per heavy atom. The fraction of sp³-hybridized carbons (Fsp3) is 0.733. The number of methoxy groups -OCH3 is 1. The van der Waals surface area contributed by atoms with Crippen molar-refractivity contribution in [3.05, 3.63) is 17.5 Å². The number of carbonyl (C=O) groups is 1. The average Bonchev–Trinajstić information content (AvgIpc) is 2.92. The molecule has 6 nitrogen and oxygen atoms in total. The van der Waals surface area contributed by atoms with Gasteiger partial charge in [-0.05, 0) is 26.2 Å². The van der Waals surface area contributed by atoms with E-state index >= 15 is 0 Å². The van der Waals surface area contributed by atoms with E-state index in [0.29, 0.717) is 11.5 Å². The molecule has 1 atom stereocenters. The predicted molar refractivity (Wildman–Crippen MR) is 77.2 cm³/mol. The molecule has 21 heavy (non-hydrogen) atoms. The average molecular weight is 293 g/mol. The van der Waals surface area contributed by atoms with Crippen LogP contribution in [0.3, 0.4) is 0 Å². The van der Waals surface area contributed by atoms with Crippen LogP contribution < -0.4 is 0 Å². The smallest absolute Gasteiger partial charge is 0.276 e. The Hall–Kier alpha value is -1.40. The normalized spacial score (nSPS) is 26.1. The fourth-order valence-corrected chi connectivity index (χ4v) is 3.51. The van der Waals surface area contributed by atoms with E-state index in [1.54, 1.807) is 20.1 Å². The Kier molecular flexibility index (Phi) is 3.99. The van der Waals surface area contributed by atoms with Gasteiger partial charge < -0.3 is 14.2 Å². The third-order valence-electron chi connectivity index (χ3n) is 4.77. The molecule has 2 saturated heterocycles. The summed E-state index contributed by atoms with van der Waals surface area (Å²) in [6.45, 7) is 6.21. The third-order valence-corrected chi connectivity index (χ3v) is 4.77. The summed E-state index contributed by atoms with van der Waals surface area (Å²) in [6, 6.07) is 1.72. The minimum atomic E-state index is -0.00971. The molecule has 1 spiro atoms. The molecule has 6 heteroatoms. The Labute approximate surface area is 125 Å². The highest BCUT2D eigenvalue weighted by Gasteiger charge is 2.47. The van der Waals surface area contributed by atoms with Crippen LogP contribution in [0, 0.1) is 6.92 Å². The van der Waals surface area contributed by atoms with Crippen molar-refractivity contribution in [2.24, 2.45) is 0 Å². The van der Waals surface area contributed by atoms with Crippen LogP contribution in [0.4, 0.5) is 0 Å². The molecular formula is C15H23N3O3. The number of aromatic nitrogens is 1. The molecule has 0 unspecified atom stereocenters. The van der Waals surface area contributed by atoms with E-state index in [1.165, 1.54) is 12.8 Å². The Balaban J connectivity index is 1.67. The second-order valence-corrected chi connectivity index (χ2v) is 6.11. The molecule has 2 fully saturated rings. The number of rotatable bonds is 4. The molecule has 1 amide bonds. The van der Waals surface area contributed by atoms with Gasteiger partial charge in [-0.2, -0.15) is 0 Å². The fourth-order valence-electron chi connectivity index (χ4n) is 3.51. The first kappa shape index (κ1) is 14.5. The Morgan fingerprint density at radius 3 is 2.95 bits per heavy atom. The predicted octanol–water partition coefficient (Wildman–Crippen LogP) is 1.31. The monoisotopic (exact) mass is 293 g/mol. The van der Waals surface area contributed by atoms with E-state index in [-0.39, 0.29) is 11.4 Å². The molecule has 116 valence electrons. The van der Waals surface area contributed by atoms with Crippen LogP contribution in [0.15, 0.2) is 10.6 Å². The summed E-state index contributed by atoms with van der Waals surface area (Å²) in [5.41, 5.74) is 0.581. The van der Waals surface area contributed by atoms with Crippen molar-refractivity contribution in [2.75, 3.05) is 39.9 Å². The van der Waals surface area contributed by atoms with Crippen molar-refractivity contribution in [1.82, 2.24) is 15.0 Å². The lowest BCUT2D eigenvalue weighted by Gasteiger charge is -2.57. The molecule has 0 bridgehead atoms. The SMILES string of the molecule is COCCN1CC[C@]12CCCN(C(=O)c1cc(C)on1)C2. The first-order chi connectivity index (χ1) is 10.1. The van der Waals surface area contributed by atoms with Gasteiger partial charge in [0, 0.05) is 44.9 Å². The van der Waals surface area contributed by atoms with E-state index in [4.69, 9.17) is 9.26 Å². The molecule has 1 aromatic heterocycles. The van der Waals surface area contributed by atoms with Gasteiger partial charge in [0.1, 0.15) is 5.76 Å². The highest BCUT2D eigenvalue weighted by atomic mass is 16.5. The largest absolute Gasteiger partial charge is 0.383 e. The van der Waals surface area contributed by atoms with E-state index in [2.05, 4.69) is 10.1 Å². The number of piperidine rings is 1. The molecule has 3 heterocycles. The van der Waals surface area contributed by atoms with Crippen LogP contribution in [0.1, 0.15) is 35.5 Å². The van der Waals surface area contributed by atoms with Crippen LogP contribution in [0.25, 0.3) is 0 Å². The maximum absolute atomic E-state index is 12.5. The maximum Gasteiger partial charge on any atom is 0.276 e. The van der Waals surface area contributed by atoms with Gasteiger partial charge >= 0.3 is 0 Å². The lowest BCUT2D eigenvalue weighted by Crippen LogP contribution is -2.67. The molecule has 0 N–H and O–H groups in total. The first-order valence-electron chi connectivity index (χ1n) is 7.61. The first-order valence-corrected chi connectivity index (χ1v) is 7.61. The quantitative estimate of drug-likeness (QED) is 0.837. The van der Waals surface area contributed by atoms with Gasteiger partial charge in [-0.15, -0.1) is 0 Å². The summed E-state index contributed by atoms with van der Waals surface area (Å²) in [7, 11) is 1.73. The van der Waals surface area contributed by atoms with E-state index < -0.39 is 0 Å². The van der Waals surface area contributed by atoms with Gasteiger partial charge in [-0.3, -0.25) is 9.69 Å². The lowest BCUT2D eigenvalue weighted by molar-refractivity contribution is -0.0680. The van der Waals surface area contributed by atoms with Crippen molar-refractivity contribution in [3.8, 4) is 0 Å². The molecule has 0 aliphatic carbocycles. The zero-order valence-electron chi connectivity index (χ0n) is 12.8. The van der Waals surface area contributed by atoms with Crippen molar-refractivity contribution in [3.63, 3.8) is 0 Å². The molecule has 0 saturated carbocycles. The highest BCUT2D eigenvalue weighted by Crippen LogP contribution is 2.38. The number of hydrogen-bond donors (Lipinski definition) is 0. The topological polar surface area (TPSA) is 58.8 Å². The zero-order chi connectivity index (χ0) is 14.9. The van der Waals surface area contributed by atoms with Crippen molar-refractivity contribution in [1.29, 1.82) is 0 Å². The highest BCUT2D eigenvalue weighted by molar-refractivity contribution is 5.92. The standard InChI is InChI=1S/C15H23N3O3/c1-12-10-13(16-21-12)14(19)17-6-3-4-15(11-17)5-7-18(15)8-9-20-2/h10H,3-9,11H2,1-2H3/t15-/m0/s1. The lowest BCUT2D eigenvalue weighted by atomic mass is 9.77. The second-order valence-electron chi connectivity index (χ2n) is 6.11. The Bertz CT molecular complexity index is 516. The summed E-state index contributed by atoms with van der Waals surface area (Å²) in [5.74, 6) is 0.667. The van der Waals surface area contributed by atoms with Gasteiger partial charge in [0.25, 0.3) is 5.91 Å². The van der Waals surface area contributed by atoms with Crippen LogP contribution in [0.5, 0.6) is 0 Å². The number of hydrogen-bond acceptors (Lipinski definition) is 5. The van der Waals surface area contributed by atoms with Crippen LogP contribution in [-0.4, -0.2) is 66.3 Å². The minimum absolute atomic E-state index is 0.00971. The number of carbonyl (C=O) groups excluding carboxylic acids is 1. The molecule has 2 aliphatic rings. The van der Waals surface area contributed by atoms with Crippen molar-refractivity contribution >= 4 is 5.91 Å². The van der Waals surface area contributed by atoms with Crippen LogP contribution in [0.2, 0.25) is 0 Å². The summed E-state index contributed by atoms with van der Waals surface area (Å²) in [6.07, 6.45) is 3.38. The van der Waals surface area contributed by atoms with Gasteiger partial charge in [0.05, 0.1) is 6.61 Å². The molecule has 1 aromatic rings. The van der Waals surface area contributed by atoms with Gasteiger partial charge in [-0.1, -0.05) is 5.16 Å². The number of amides is 1.